The monoisotopic (exact) mass is 435 g/mol. The molecule has 0 atom stereocenters. The van der Waals surface area contributed by atoms with Gasteiger partial charge in [-0.15, -0.1) is 11.3 Å². The maximum Gasteiger partial charge on any atom is 0.251 e. The molecule has 0 radical (unpaired) electrons. The Morgan fingerprint density at radius 2 is 1.83 bits per heavy atom. The molecule has 1 saturated carbocycles. The minimum Gasteiger partial charge on any atom is -0.349 e. The predicted octanol–water partition coefficient (Wildman–Crippen LogP) is 5.15. The number of rotatable bonds is 7. The molecule has 7 heteroatoms. The molecule has 5 nitrogen and oxygen atoms in total. The van der Waals surface area contributed by atoms with Crippen molar-refractivity contribution in [2.24, 2.45) is 0 Å². The molecule has 4 rings (SSSR count). The van der Waals surface area contributed by atoms with E-state index in [9.17, 15) is 9.59 Å². The number of thiazole rings is 1. The van der Waals surface area contributed by atoms with Crippen LogP contribution in [0.5, 0.6) is 0 Å². The fraction of sp³-hybridized carbons (Fsp3) is 0.174. The Hall–Kier alpha value is -2.90. The summed E-state index contributed by atoms with van der Waals surface area (Å²) in [6.45, 7) is 1.98. The lowest BCUT2D eigenvalue weighted by atomic mass is 10.1. The molecular formula is C23H21N3O2S2. The van der Waals surface area contributed by atoms with Gasteiger partial charge in [-0.1, -0.05) is 23.9 Å². The summed E-state index contributed by atoms with van der Waals surface area (Å²) in [5, 5.41) is 7.84. The Balaban J connectivity index is 1.29. The summed E-state index contributed by atoms with van der Waals surface area (Å²) < 4.78 is 1.00. The van der Waals surface area contributed by atoms with Crippen LogP contribution in [0.4, 0.5) is 5.69 Å². The number of hydrogen-bond donors (Lipinski definition) is 2. The number of amides is 2. The summed E-state index contributed by atoms with van der Waals surface area (Å²) in [6, 6.07) is 15.2. The van der Waals surface area contributed by atoms with Gasteiger partial charge in [0.1, 0.15) is 0 Å². The second-order valence-corrected chi connectivity index (χ2v) is 9.25. The highest BCUT2D eigenvalue weighted by Crippen LogP contribution is 2.30. The maximum absolute atomic E-state index is 12.2. The summed E-state index contributed by atoms with van der Waals surface area (Å²) in [6.07, 6.45) is 5.34. The van der Waals surface area contributed by atoms with Gasteiger partial charge in [0.2, 0.25) is 5.91 Å². The molecule has 1 aliphatic carbocycles. The lowest BCUT2D eigenvalue weighted by Gasteiger charge is -2.04. The average molecular weight is 436 g/mol. The fourth-order valence-electron chi connectivity index (χ4n) is 2.68. The Morgan fingerprint density at radius 1 is 1.10 bits per heavy atom. The van der Waals surface area contributed by atoms with Crippen molar-refractivity contribution in [3.63, 3.8) is 0 Å². The van der Waals surface area contributed by atoms with Crippen molar-refractivity contribution in [1.29, 1.82) is 0 Å². The van der Waals surface area contributed by atoms with Crippen LogP contribution in [0.3, 0.4) is 0 Å². The van der Waals surface area contributed by atoms with Crippen LogP contribution in [-0.4, -0.2) is 22.8 Å². The molecule has 0 unspecified atom stereocenters. The van der Waals surface area contributed by atoms with Crippen LogP contribution < -0.4 is 10.6 Å². The third kappa shape index (κ3) is 5.81. The van der Waals surface area contributed by atoms with E-state index in [0.29, 0.717) is 11.6 Å². The number of aromatic nitrogens is 1. The van der Waals surface area contributed by atoms with Crippen LogP contribution in [0.25, 0.3) is 6.08 Å². The zero-order chi connectivity index (χ0) is 20.9. The molecule has 1 aliphatic rings. The van der Waals surface area contributed by atoms with Gasteiger partial charge in [0, 0.05) is 39.3 Å². The SMILES string of the molecule is Cc1csc(Sc2ccc(NC(=O)/C=C/c3ccc(C(=O)NC4CC4)cc3)cc2)n1. The van der Waals surface area contributed by atoms with Crippen LogP contribution in [0, 0.1) is 6.92 Å². The molecule has 3 aromatic rings. The largest absolute Gasteiger partial charge is 0.349 e. The van der Waals surface area contributed by atoms with Crippen molar-refractivity contribution in [3.05, 3.63) is 76.8 Å². The molecular weight excluding hydrogens is 414 g/mol. The number of benzene rings is 2. The van der Waals surface area contributed by atoms with E-state index in [1.807, 2.05) is 48.7 Å². The quantitative estimate of drug-likeness (QED) is 0.504. The van der Waals surface area contributed by atoms with Gasteiger partial charge >= 0.3 is 0 Å². The Morgan fingerprint density at radius 3 is 2.47 bits per heavy atom. The van der Waals surface area contributed by atoms with Crippen LogP contribution in [-0.2, 0) is 4.79 Å². The zero-order valence-corrected chi connectivity index (χ0v) is 18.1. The van der Waals surface area contributed by atoms with Crippen molar-refractivity contribution in [3.8, 4) is 0 Å². The molecule has 0 spiro atoms. The summed E-state index contributed by atoms with van der Waals surface area (Å²) in [5.41, 5.74) is 3.25. The van der Waals surface area contributed by atoms with Crippen LogP contribution in [0.15, 0.2) is 69.2 Å². The Kier molecular flexibility index (Phi) is 6.30. The number of hydrogen-bond acceptors (Lipinski definition) is 5. The van der Waals surface area contributed by atoms with Gasteiger partial charge in [0.15, 0.2) is 4.34 Å². The highest BCUT2D eigenvalue weighted by Gasteiger charge is 2.23. The molecule has 0 bridgehead atoms. The maximum atomic E-state index is 12.2. The van der Waals surface area contributed by atoms with E-state index in [2.05, 4.69) is 15.6 Å². The normalized spacial score (nSPS) is 13.4. The number of anilines is 1. The fourth-order valence-corrected chi connectivity index (χ4v) is 4.49. The van der Waals surface area contributed by atoms with Crippen LogP contribution in [0.1, 0.15) is 34.5 Å². The van der Waals surface area contributed by atoms with E-state index in [1.54, 1.807) is 41.3 Å². The van der Waals surface area contributed by atoms with Crippen molar-refractivity contribution >= 4 is 46.7 Å². The summed E-state index contributed by atoms with van der Waals surface area (Å²) in [5.74, 6) is -0.251. The van der Waals surface area contributed by atoms with Gasteiger partial charge in [0.05, 0.1) is 0 Å². The molecule has 1 heterocycles. The van der Waals surface area contributed by atoms with E-state index in [-0.39, 0.29) is 11.8 Å². The molecule has 1 aromatic heterocycles. The van der Waals surface area contributed by atoms with Gasteiger partial charge in [-0.3, -0.25) is 9.59 Å². The first-order valence-corrected chi connectivity index (χ1v) is 11.3. The standard InChI is InChI=1S/C23H21N3O2S2/c1-15-14-29-23(24-15)30-20-11-9-18(10-12-20)25-21(27)13-4-16-2-5-17(6-3-16)22(28)26-19-7-8-19/h2-6,9-14,19H,7-8H2,1H3,(H,25,27)(H,26,28)/b13-4+. The highest BCUT2D eigenvalue weighted by atomic mass is 32.2. The van der Waals surface area contributed by atoms with Gasteiger partial charge in [-0.2, -0.15) is 0 Å². The molecule has 2 amide bonds. The number of nitrogens with zero attached hydrogens (tertiary/aromatic N) is 1. The molecule has 2 aromatic carbocycles. The third-order valence-corrected chi connectivity index (χ3v) is 6.50. The lowest BCUT2D eigenvalue weighted by molar-refractivity contribution is -0.111. The molecule has 0 aliphatic heterocycles. The summed E-state index contributed by atoms with van der Waals surface area (Å²) in [4.78, 5) is 29.7. The zero-order valence-electron chi connectivity index (χ0n) is 16.4. The van der Waals surface area contributed by atoms with Crippen molar-refractivity contribution in [2.75, 3.05) is 5.32 Å². The second-order valence-electron chi connectivity index (χ2n) is 7.07. The molecule has 2 N–H and O–H groups in total. The van der Waals surface area contributed by atoms with Gasteiger partial charge in [-0.25, -0.2) is 4.98 Å². The van der Waals surface area contributed by atoms with Gasteiger partial charge in [0.25, 0.3) is 5.91 Å². The Labute approximate surface area is 183 Å². The van der Waals surface area contributed by atoms with E-state index >= 15 is 0 Å². The summed E-state index contributed by atoms with van der Waals surface area (Å²) in [7, 11) is 0. The van der Waals surface area contributed by atoms with E-state index in [1.165, 1.54) is 6.08 Å². The number of nitrogens with one attached hydrogen (secondary N) is 2. The van der Waals surface area contributed by atoms with E-state index in [0.717, 1.165) is 39.0 Å². The predicted molar refractivity (Wildman–Crippen MR) is 122 cm³/mol. The second kappa shape index (κ2) is 9.28. The van der Waals surface area contributed by atoms with Gasteiger partial charge < -0.3 is 10.6 Å². The first-order chi connectivity index (χ1) is 14.5. The van der Waals surface area contributed by atoms with Crippen LogP contribution >= 0.6 is 23.1 Å². The number of carbonyl (C=O) groups excluding carboxylic acids is 2. The molecule has 0 saturated heterocycles. The minimum absolute atomic E-state index is 0.0441. The van der Waals surface area contributed by atoms with E-state index < -0.39 is 0 Å². The van der Waals surface area contributed by atoms with E-state index in [4.69, 9.17) is 0 Å². The third-order valence-electron chi connectivity index (χ3n) is 4.44. The molecule has 30 heavy (non-hydrogen) atoms. The van der Waals surface area contributed by atoms with Gasteiger partial charge in [-0.05, 0) is 67.8 Å². The first-order valence-electron chi connectivity index (χ1n) is 9.65. The first kappa shape index (κ1) is 20.4. The smallest absolute Gasteiger partial charge is 0.251 e. The topological polar surface area (TPSA) is 71.1 Å². The molecule has 1 fully saturated rings. The highest BCUT2D eigenvalue weighted by molar-refractivity contribution is 8.01. The molecule has 152 valence electrons. The van der Waals surface area contributed by atoms with Crippen molar-refractivity contribution < 1.29 is 9.59 Å². The average Bonchev–Trinajstić information content (AvgIpc) is 3.47. The number of carbonyl (C=O) groups is 2. The van der Waals surface area contributed by atoms with Crippen LogP contribution in [0.2, 0.25) is 0 Å². The lowest BCUT2D eigenvalue weighted by Crippen LogP contribution is -2.25. The number of aryl methyl sites for hydroxylation is 1. The van der Waals surface area contributed by atoms with Crippen molar-refractivity contribution in [2.45, 2.75) is 35.0 Å². The van der Waals surface area contributed by atoms with Crippen molar-refractivity contribution in [1.82, 2.24) is 10.3 Å². The Bertz CT molecular complexity index is 1070. The summed E-state index contributed by atoms with van der Waals surface area (Å²) >= 11 is 3.23. The minimum atomic E-state index is -0.207.